The van der Waals surface area contributed by atoms with Crippen molar-refractivity contribution in [2.45, 2.75) is 59.1 Å². The van der Waals surface area contributed by atoms with Gasteiger partial charge in [-0.1, -0.05) is 12.1 Å². The normalized spacial score (nSPS) is 23.5. The standard InChI is InChI=1S/C23H31N3O3/c1-14(2)26-11-15-7-6-8-17(21(15)24-26)20(27)10-9-16-18-12-25(13-19(16)18)22(28)29-23(3,4)5/h6-8,11,14,16,18-19H,9-10,12-13H2,1-5H3. The highest BCUT2D eigenvalue weighted by atomic mass is 16.6. The summed E-state index contributed by atoms with van der Waals surface area (Å²) in [5, 5.41) is 5.64. The van der Waals surface area contributed by atoms with Crippen LogP contribution in [0.1, 0.15) is 63.9 Å². The number of amides is 1. The molecule has 4 rings (SSSR count). The molecule has 6 nitrogen and oxygen atoms in total. The van der Waals surface area contributed by atoms with E-state index in [0.717, 1.165) is 36.0 Å². The monoisotopic (exact) mass is 397 g/mol. The number of hydrogen-bond donors (Lipinski definition) is 0. The summed E-state index contributed by atoms with van der Waals surface area (Å²) < 4.78 is 7.38. The largest absolute Gasteiger partial charge is 0.444 e. The average molecular weight is 398 g/mol. The van der Waals surface area contributed by atoms with Gasteiger partial charge in [-0.15, -0.1) is 0 Å². The fourth-order valence-electron chi connectivity index (χ4n) is 4.54. The Labute approximate surface area is 172 Å². The van der Waals surface area contributed by atoms with Crippen LogP contribution in [0.3, 0.4) is 0 Å². The van der Waals surface area contributed by atoms with E-state index in [1.54, 1.807) is 0 Å². The Bertz CT molecular complexity index is 928. The van der Waals surface area contributed by atoms with Crippen LogP contribution < -0.4 is 0 Å². The van der Waals surface area contributed by atoms with Crippen LogP contribution in [-0.2, 0) is 4.74 Å². The SMILES string of the molecule is CC(C)n1cc2cccc(C(=O)CCC3C4CN(C(=O)OC(C)(C)C)CC34)c2n1. The Morgan fingerprint density at radius 3 is 2.52 bits per heavy atom. The van der Waals surface area contributed by atoms with Crippen LogP contribution in [0.5, 0.6) is 0 Å². The molecule has 1 aromatic carbocycles. The van der Waals surface area contributed by atoms with E-state index in [1.165, 1.54) is 0 Å². The zero-order chi connectivity index (χ0) is 20.9. The zero-order valence-electron chi connectivity index (χ0n) is 18.0. The number of nitrogens with zero attached hydrogens (tertiary/aromatic N) is 3. The fraction of sp³-hybridized carbons (Fsp3) is 0.609. The molecule has 1 saturated heterocycles. The first-order chi connectivity index (χ1) is 13.6. The molecule has 0 bridgehead atoms. The summed E-state index contributed by atoms with van der Waals surface area (Å²) in [5.41, 5.74) is 1.07. The second-order valence-corrected chi connectivity index (χ2v) is 9.79. The Morgan fingerprint density at radius 1 is 1.21 bits per heavy atom. The molecule has 1 aliphatic heterocycles. The van der Waals surface area contributed by atoms with Gasteiger partial charge in [0.25, 0.3) is 0 Å². The van der Waals surface area contributed by atoms with Gasteiger partial charge in [0.15, 0.2) is 5.78 Å². The third-order valence-corrected chi connectivity index (χ3v) is 6.11. The topological polar surface area (TPSA) is 64.4 Å². The summed E-state index contributed by atoms with van der Waals surface area (Å²) in [6.07, 6.45) is 3.22. The quantitative estimate of drug-likeness (QED) is 0.687. The second-order valence-electron chi connectivity index (χ2n) is 9.79. The molecule has 2 heterocycles. The van der Waals surface area contributed by atoms with E-state index in [2.05, 4.69) is 18.9 Å². The molecule has 0 radical (unpaired) electrons. The van der Waals surface area contributed by atoms with Gasteiger partial charge in [-0.2, -0.15) is 5.10 Å². The molecule has 2 aromatic rings. The smallest absolute Gasteiger partial charge is 0.410 e. The van der Waals surface area contributed by atoms with Crippen molar-refractivity contribution in [3.8, 4) is 0 Å². The van der Waals surface area contributed by atoms with E-state index in [9.17, 15) is 9.59 Å². The van der Waals surface area contributed by atoms with Crippen molar-refractivity contribution >= 4 is 22.8 Å². The second kappa shape index (κ2) is 7.15. The number of carbonyl (C=O) groups excluding carboxylic acids is 2. The van der Waals surface area contributed by atoms with Crippen molar-refractivity contribution in [1.29, 1.82) is 0 Å². The van der Waals surface area contributed by atoms with E-state index in [4.69, 9.17) is 4.74 Å². The van der Waals surface area contributed by atoms with Crippen molar-refractivity contribution in [3.63, 3.8) is 0 Å². The number of rotatable bonds is 5. The van der Waals surface area contributed by atoms with Gasteiger partial charge in [0, 0.05) is 42.7 Å². The molecule has 1 amide bonds. The lowest BCUT2D eigenvalue weighted by Crippen LogP contribution is -2.37. The first-order valence-electron chi connectivity index (χ1n) is 10.6. The molecule has 0 N–H and O–H groups in total. The Morgan fingerprint density at radius 2 is 1.90 bits per heavy atom. The molecular weight excluding hydrogens is 366 g/mol. The summed E-state index contributed by atoms with van der Waals surface area (Å²) in [5.74, 6) is 1.75. The van der Waals surface area contributed by atoms with Gasteiger partial charge in [-0.05, 0) is 64.9 Å². The number of hydrogen-bond acceptors (Lipinski definition) is 4. The highest BCUT2D eigenvalue weighted by Crippen LogP contribution is 2.54. The minimum Gasteiger partial charge on any atom is -0.444 e. The molecule has 1 aliphatic carbocycles. The van der Waals surface area contributed by atoms with Gasteiger partial charge >= 0.3 is 6.09 Å². The molecule has 2 fully saturated rings. The summed E-state index contributed by atoms with van der Waals surface area (Å²) in [6, 6.07) is 6.10. The Balaban J connectivity index is 1.32. The summed E-state index contributed by atoms with van der Waals surface area (Å²) >= 11 is 0. The van der Waals surface area contributed by atoms with E-state index >= 15 is 0 Å². The number of carbonyl (C=O) groups is 2. The van der Waals surface area contributed by atoms with Gasteiger partial charge in [0.2, 0.25) is 0 Å². The molecule has 0 spiro atoms. The van der Waals surface area contributed by atoms with Crippen LogP contribution in [0, 0.1) is 17.8 Å². The third-order valence-electron chi connectivity index (χ3n) is 6.11. The van der Waals surface area contributed by atoms with Crippen LogP contribution in [0.4, 0.5) is 4.79 Å². The van der Waals surface area contributed by atoms with Crippen LogP contribution >= 0.6 is 0 Å². The van der Waals surface area contributed by atoms with Crippen molar-refractivity contribution in [1.82, 2.24) is 14.7 Å². The zero-order valence-corrected chi connectivity index (χ0v) is 18.0. The first kappa shape index (κ1) is 19.9. The van der Waals surface area contributed by atoms with Crippen molar-refractivity contribution in [2.24, 2.45) is 17.8 Å². The molecule has 1 aromatic heterocycles. The Hall–Kier alpha value is -2.37. The van der Waals surface area contributed by atoms with Gasteiger partial charge in [-0.3, -0.25) is 9.48 Å². The number of piperidine rings is 1. The minimum atomic E-state index is -0.459. The number of aromatic nitrogens is 2. The molecular formula is C23H31N3O3. The number of fused-ring (bicyclic) bond motifs is 2. The molecule has 2 aliphatic rings. The number of benzene rings is 1. The maximum absolute atomic E-state index is 12.9. The van der Waals surface area contributed by atoms with E-state index in [1.807, 2.05) is 54.7 Å². The van der Waals surface area contributed by atoms with Crippen LogP contribution in [-0.4, -0.2) is 45.2 Å². The van der Waals surface area contributed by atoms with E-state index < -0.39 is 5.60 Å². The molecule has 2 atom stereocenters. The van der Waals surface area contributed by atoms with Crippen molar-refractivity contribution in [2.75, 3.05) is 13.1 Å². The van der Waals surface area contributed by atoms with Crippen LogP contribution in [0.2, 0.25) is 0 Å². The number of Topliss-reactive ketones (excluding diaryl/α,β-unsaturated/α-hetero) is 1. The van der Waals surface area contributed by atoms with Crippen molar-refractivity contribution < 1.29 is 14.3 Å². The maximum atomic E-state index is 12.9. The lowest BCUT2D eigenvalue weighted by atomic mass is 10.0. The molecule has 1 saturated carbocycles. The van der Waals surface area contributed by atoms with Gasteiger partial charge < -0.3 is 9.64 Å². The predicted molar refractivity (Wildman–Crippen MR) is 112 cm³/mol. The highest BCUT2D eigenvalue weighted by Gasteiger charge is 2.56. The summed E-state index contributed by atoms with van der Waals surface area (Å²) in [7, 11) is 0. The lowest BCUT2D eigenvalue weighted by Gasteiger charge is -2.25. The lowest BCUT2D eigenvalue weighted by molar-refractivity contribution is 0.0264. The predicted octanol–water partition coefficient (Wildman–Crippen LogP) is 4.69. The molecule has 29 heavy (non-hydrogen) atoms. The van der Waals surface area contributed by atoms with Crippen molar-refractivity contribution in [3.05, 3.63) is 30.0 Å². The number of likely N-dealkylation sites (tertiary alicyclic amines) is 1. The fourth-order valence-corrected chi connectivity index (χ4v) is 4.54. The first-order valence-corrected chi connectivity index (χ1v) is 10.6. The van der Waals surface area contributed by atoms with E-state index in [0.29, 0.717) is 24.2 Å². The maximum Gasteiger partial charge on any atom is 0.410 e. The molecule has 6 heteroatoms. The van der Waals surface area contributed by atoms with Crippen LogP contribution in [0.15, 0.2) is 24.4 Å². The van der Waals surface area contributed by atoms with E-state index in [-0.39, 0.29) is 17.9 Å². The summed E-state index contributed by atoms with van der Waals surface area (Å²) in [4.78, 5) is 26.9. The molecule has 156 valence electrons. The third kappa shape index (κ3) is 4.02. The van der Waals surface area contributed by atoms with Crippen LogP contribution in [0.25, 0.3) is 10.9 Å². The van der Waals surface area contributed by atoms with Gasteiger partial charge in [-0.25, -0.2) is 4.79 Å². The average Bonchev–Trinajstić information content (AvgIpc) is 3.02. The number of ketones is 1. The number of ether oxygens (including phenoxy) is 1. The Kier molecular flexibility index (Phi) is 4.91. The van der Waals surface area contributed by atoms with Gasteiger partial charge in [0.05, 0.1) is 0 Å². The molecule has 2 unspecified atom stereocenters. The van der Waals surface area contributed by atoms with Gasteiger partial charge in [0.1, 0.15) is 11.1 Å². The highest BCUT2D eigenvalue weighted by molar-refractivity contribution is 6.06. The minimum absolute atomic E-state index is 0.165. The summed E-state index contributed by atoms with van der Waals surface area (Å²) in [6.45, 7) is 11.3.